The third-order valence-electron chi connectivity index (χ3n) is 2.81. The molecule has 0 spiro atoms. The molecule has 0 aliphatic heterocycles. The van der Waals surface area contributed by atoms with Gasteiger partial charge in [0, 0.05) is 6.54 Å². The van der Waals surface area contributed by atoms with E-state index in [0.29, 0.717) is 0 Å². The van der Waals surface area contributed by atoms with Crippen LogP contribution in [0.1, 0.15) is 12.5 Å². The first kappa shape index (κ1) is 13.4. The Hall–Kier alpha value is -2.00. The van der Waals surface area contributed by atoms with Gasteiger partial charge in [0.05, 0.1) is 7.11 Å². The molecule has 19 heavy (non-hydrogen) atoms. The van der Waals surface area contributed by atoms with E-state index in [2.05, 4.69) is 17.4 Å². The first-order valence-corrected chi connectivity index (χ1v) is 6.36. The molecule has 0 bridgehead atoms. The van der Waals surface area contributed by atoms with E-state index in [4.69, 9.17) is 9.47 Å². The summed E-state index contributed by atoms with van der Waals surface area (Å²) >= 11 is 0. The molecular formula is C16H19NO2. The summed E-state index contributed by atoms with van der Waals surface area (Å²) in [5.74, 6) is 1.49. The van der Waals surface area contributed by atoms with E-state index in [-0.39, 0.29) is 6.23 Å². The minimum atomic E-state index is -0.0866. The van der Waals surface area contributed by atoms with Crippen molar-refractivity contribution in [1.29, 1.82) is 0 Å². The molecule has 1 N–H and O–H groups in total. The Morgan fingerprint density at radius 2 is 1.58 bits per heavy atom. The standard InChI is InChI=1S/C16H19NO2/c1-13(17-12-14-8-4-3-5-9-14)19-16-11-7-6-10-15(16)18-2/h3-11,13,17H,12H2,1-2H3. The SMILES string of the molecule is COc1ccccc1OC(C)NCc1ccccc1. The molecule has 2 aromatic rings. The monoisotopic (exact) mass is 257 g/mol. The van der Waals surface area contributed by atoms with Crippen LogP contribution in [0.4, 0.5) is 0 Å². The van der Waals surface area contributed by atoms with Crippen molar-refractivity contribution in [1.82, 2.24) is 5.32 Å². The summed E-state index contributed by atoms with van der Waals surface area (Å²) in [5, 5.41) is 3.32. The second-order valence-corrected chi connectivity index (χ2v) is 4.28. The Morgan fingerprint density at radius 3 is 2.26 bits per heavy atom. The lowest BCUT2D eigenvalue weighted by molar-refractivity contribution is 0.174. The van der Waals surface area contributed by atoms with Crippen LogP contribution < -0.4 is 14.8 Å². The van der Waals surface area contributed by atoms with Crippen LogP contribution in [0.15, 0.2) is 54.6 Å². The number of hydrogen-bond donors (Lipinski definition) is 1. The highest BCUT2D eigenvalue weighted by Gasteiger charge is 2.07. The first-order valence-electron chi connectivity index (χ1n) is 6.36. The van der Waals surface area contributed by atoms with Gasteiger partial charge in [0.25, 0.3) is 0 Å². The minimum Gasteiger partial charge on any atom is -0.493 e. The lowest BCUT2D eigenvalue weighted by Gasteiger charge is -2.18. The molecule has 0 amide bonds. The van der Waals surface area contributed by atoms with Gasteiger partial charge in [0.1, 0.15) is 6.23 Å². The maximum Gasteiger partial charge on any atom is 0.163 e. The van der Waals surface area contributed by atoms with E-state index in [1.807, 2.05) is 49.4 Å². The highest BCUT2D eigenvalue weighted by Crippen LogP contribution is 2.26. The molecular weight excluding hydrogens is 238 g/mol. The number of methoxy groups -OCH3 is 1. The fourth-order valence-electron chi connectivity index (χ4n) is 1.81. The van der Waals surface area contributed by atoms with E-state index in [9.17, 15) is 0 Å². The summed E-state index contributed by atoms with van der Waals surface area (Å²) in [5.41, 5.74) is 1.23. The van der Waals surface area contributed by atoms with Crippen LogP contribution in [-0.2, 0) is 6.54 Å². The molecule has 100 valence electrons. The van der Waals surface area contributed by atoms with E-state index >= 15 is 0 Å². The molecule has 0 saturated heterocycles. The molecule has 0 aliphatic carbocycles. The third-order valence-corrected chi connectivity index (χ3v) is 2.81. The predicted molar refractivity (Wildman–Crippen MR) is 76.4 cm³/mol. The summed E-state index contributed by atoms with van der Waals surface area (Å²) in [7, 11) is 1.64. The van der Waals surface area contributed by atoms with E-state index < -0.39 is 0 Å². The molecule has 3 heteroatoms. The van der Waals surface area contributed by atoms with Crippen molar-refractivity contribution in [3.63, 3.8) is 0 Å². The molecule has 0 radical (unpaired) electrons. The predicted octanol–water partition coefficient (Wildman–Crippen LogP) is 3.21. The van der Waals surface area contributed by atoms with Gasteiger partial charge in [0.15, 0.2) is 11.5 Å². The molecule has 2 aromatic carbocycles. The van der Waals surface area contributed by atoms with Crippen LogP contribution in [0.2, 0.25) is 0 Å². The molecule has 0 aliphatic rings. The maximum absolute atomic E-state index is 5.82. The summed E-state index contributed by atoms with van der Waals surface area (Å²) in [4.78, 5) is 0. The zero-order valence-corrected chi connectivity index (χ0v) is 11.3. The Morgan fingerprint density at radius 1 is 0.947 bits per heavy atom. The van der Waals surface area contributed by atoms with Crippen molar-refractivity contribution in [3.05, 3.63) is 60.2 Å². The average Bonchev–Trinajstić information content (AvgIpc) is 2.47. The molecule has 1 atom stereocenters. The lowest BCUT2D eigenvalue weighted by atomic mass is 10.2. The minimum absolute atomic E-state index is 0.0866. The van der Waals surface area contributed by atoms with Gasteiger partial charge >= 0.3 is 0 Å². The van der Waals surface area contributed by atoms with E-state index in [0.717, 1.165) is 18.0 Å². The second kappa shape index (κ2) is 6.81. The molecule has 0 fully saturated rings. The first-order chi connectivity index (χ1) is 9.29. The average molecular weight is 257 g/mol. The number of rotatable bonds is 6. The van der Waals surface area contributed by atoms with Gasteiger partial charge in [-0.15, -0.1) is 0 Å². The van der Waals surface area contributed by atoms with Crippen LogP contribution in [0.25, 0.3) is 0 Å². The van der Waals surface area contributed by atoms with Gasteiger partial charge in [-0.3, -0.25) is 5.32 Å². The van der Waals surface area contributed by atoms with Gasteiger partial charge in [0.2, 0.25) is 0 Å². The highest BCUT2D eigenvalue weighted by atomic mass is 16.5. The number of hydrogen-bond acceptors (Lipinski definition) is 3. The van der Waals surface area contributed by atoms with Crippen LogP contribution >= 0.6 is 0 Å². The summed E-state index contributed by atoms with van der Waals surface area (Å²) in [6.45, 7) is 2.76. The Kier molecular flexibility index (Phi) is 4.81. The van der Waals surface area contributed by atoms with Crippen LogP contribution in [0.5, 0.6) is 11.5 Å². The Bertz CT molecular complexity index is 499. The van der Waals surface area contributed by atoms with Crippen molar-refractivity contribution in [2.75, 3.05) is 7.11 Å². The van der Waals surface area contributed by atoms with Crippen molar-refractivity contribution in [2.45, 2.75) is 19.7 Å². The Labute approximate surface area is 114 Å². The maximum atomic E-state index is 5.82. The van der Waals surface area contributed by atoms with Gasteiger partial charge in [-0.1, -0.05) is 42.5 Å². The van der Waals surface area contributed by atoms with Gasteiger partial charge in [-0.05, 0) is 24.6 Å². The zero-order valence-electron chi connectivity index (χ0n) is 11.3. The molecule has 0 aromatic heterocycles. The second-order valence-electron chi connectivity index (χ2n) is 4.28. The van der Waals surface area contributed by atoms with Crippen molar-refractivity contribution in [3.8, 4) is 11.5 Å². The summed E-state index contributed by atoms with van der Waals surface area (Å²) < 4.78 is 11.1. The zero-order chi connectivity index (χ0) is 13.5. The number of para-hydroxylation sites is 2. The van der Waals surface area contributed by atoms with E-state index in [1.165, 1.54) is 5.56 Å². The summed E-state index contributed by atoms with van der Waals surface area (Å²) in [6, 6.07) is 17.9. The molecule has 0 saturated carbocycles. The van der Waals surface area contributed by atoms with Gasteiger partial charge in [-0.2, -0.15) is 0 Å². The van der Waals surface area contributed by atoms with Crippen molar-refractivity contribution < 1.29 is 9.47 Å². The quantitative estimate of drug-likeness (QED) is 0.806. The number of benzene rings is 2. The van der Waals surface area contributed by atoms with Crippen LogP contribution in [0, 0.1) is 0 Å². The summed E-state index contributed by atoms with van der Waals surface area (Å²) in [6.07, 6.45) is -0.0866. The molecule has 3 nitrogen and oxygen atoms in total. The number of nitrogens with one attached hydrogen (secondary N) is 1. The van der Waals surface area contributed by atoms with Gasteiger partial charge in [-0.25, -0.2) is 0 Å². The largest absolute Gasteiger partial charge is 0.493 e. The van der Waals surface area contributed by atoms with Crippen LogP contribution in [-0.4, -0.2) is 13.3 Å². The molecule has 1 unspecified atom stereocenters. The molecule has 2 rings (SSSR count). The molecule has 0 heterocycles. The third kappa shape index (κ3) is 4.00. The fourth-order valence-corrected chi connectivity index (χ4v) is 1.81. The lowest BCUT2D eigenvalue weighted by Crippen LogP contribution is -2.31. The smallest absolute Gasteiger partial charge is 0.163 e. The van der Waals surface area contributed by atoms with Crippen molar-refractivity contribution >= 4 is 0 Å². The highest BCUT2D eigenvalue weighted by molar-refractivity contribution is 5.39. The topological polar surface area (TPSA) is 30.5 Å². The number of ether oxygens (including phenoxy) is 2. The fraction of sp³-hybridized carbons (Fsp3) is 0.250. The van der Waals surface area contributed by atoms with E-state index in [1.54, 1.807) is 7.11 Å². The Balaban J connectivity index is 1.89. The van der Waals surface area contributed by atoms with Gasteiger partial charge < -0.3 is 9.47 Å². The normalized spacial score (nSPS) is 11.9. The van der Waals surface area contributed by atoms with Crippen molar-refractivity contribution in [2.24, 2.45) is 0 Å². The van der Waals surface area contributed by atoms with Crippen LogP contribution in [0.3, 0.4) is 0 Å².